The number of rotatable bonds is 4. The van der Waals surface area contributed by atoms with E-state index < -0.39 is 0 Å². The monoisotopic (exact) mass is 405 g/mol. The van der Waals surface area contributed by atoms with Gasteiger partial charge < -0.3 is 24.8 Å². The number of carbonyl (C=O) groups excluding carboxylic acids is 1. The van der Waals surface area contributed by atoms with Crippen molar-refractivity contribution in [2.45, 2.75) is 20.3 Å². The lowest BCUT2D eigenvalue weighted by Gasteiger charge is -2.37. The van der Waals surface area contributed by atoms with E-state index >= 15 is 0 Å². The Balaban J connectivity index is 1.43. The molecule has 0 unspecified atom stereocenters. The number of amides is 1. The molecule has 7 heteroatoms. The molecule has 0 radical (unpaired) electrons. The number of nitrogens with one attached hydrogen (secondary N) is 2. The number of likely N-dealkylation sites (tertiary alicyclic amines) is 1. The van der Waals surface area contributed by atoms with Crippen molar-refractivity contribution in [3.05, 3.63) is 24.3 Å². The normalized spacial score (nSPS) is 23.4. The van der Waals surface area contributed by atoms with Crippen molar-refractivity contribution in [2.24, 2.45) is 11.8 Å². The first kappa shape index (κ1) is 20.9. The fourth-order valence-corrected chi connectivity index (χ4v) is 4.57. The highest BCUT2D eigenvalue weighted by Crippen LogP contribution is 2.20. The molecule has 0 aliphatic carbocycles. The number of piperazine rings is 1. The van der Waals surface area contributed by atoms with E-state index in [4.69, 9.17) is 17.0 Å². The SMILES string of the molecule is COc1ccc(NC(=S)N2CC[NH+](CC(=O)N3C[C@H](C)C[C@@H](C)C3)CC2)cc1. The zero-order chi connectivity index (χ0) is 20.1. The second kappa shape index (κ2) is 9.56. The Bertz CT molecular complexity index is 663. The number of hydrogen-bond acceptors (Lipinski definition) is 3. The molecule has 2 heterocycles. The van der Waals surface area contributed by atoms with Crippen molar-refractivity contribution in [1.82, 2.24) is 9.80 Å². The Morgan fingerprint density at radius 2 is 1.75 bits per heavy atom. The first-order chi connectivity index (χ1) is 13.4. The molecule has 154 valence electrons. The van der Waals surface area contributed by atoms with Gasteiger partial charge in [-0.05, 0) is 54.7 Å². The van der Waals surface area contributed by atoms with Gasteiger partial charge in [0.25, 0.3) is 5.91 Å². The second-order valence-corrected chi connectivity index (χ2v) is 8.70. The van der Waals surface area contributed by atoms with Crippen molar-refractivity contribution >= 4 is 28.9 Å². The van der Waals surface area contributed by atoms with Crippen LogP contribution in [0, 0.1) is 11.8 Å². The highest BCUT2D eigenvalue weighted by molar-refractivity contribution is 7.80. The lowest BCUT2D eigenvalue weighted by molar-refractivity contribution is -0.896. The smallest absolute Gasteiger partial charge is 0.277 e. The van der Waals surface area contributed by atoms with Crippen LogP contribution in [0.3, 0.4) is 0 Å². The zero-order valence-corrected chi connectivity index (χ0v) is 18.1. The molecule has 2 fully saturated rings. The number of anilines is 1. The predicted molar refractivity (Wildman–Crippen MR) is 116 cm³/mol. The number of methoxy groups -OCH3 is 1. The predicted octanol–water partition coefficient (Wildman–Crippen LogP) is 1.10. The number of carbonyl (C=O) groups is 1. The van der Waals surface area contributed by atoms with E-state index in [1.165, 1.54) is 11.3 Å². The quantitative estimate of drug-likeness (QED) is 0.735. The Labute approximate surface area is 173 Å². The van der Waals surface area contributed by atoms with Crippen LogP contribution in [-0.2, 0) is 4.79 Å². The maximum Gasteiger partial charge on any atom is 0.277 e. The summed E-state index contributed by atoms with van der Waals surface area (Å²) < 4.78 is 5.18. The summed E-state index contributed by atoms with van der Waals surface area (Å²) in [5.74, 6) is 2.36. The van der Waals surface area contributed by atoms with Crippen LogP contribution >= 0.6 is 12.2 Å². The van der Waals surface area contributed by atoms with E-state index in [-0.39, 0.29) is 0 Å². The summed E-state index contributed by atoms with van der Waals surface area (Å²) >= 11 is 5.57. The van der Waals surface area contributed by atoms with E-state index in [2.05, 4.69) is 29.0 Å². The molecule has 1 amide bonds. The molecular formula is C21H33N4O2S+. The molecule has 2 aliphatic rings. The Hall–Kier alpha value is -1.86. The van der Waals surface area contributed by atoms with Gasteiger partial charge in [-0.15, -0.1) is 0 Å². The van der Waals surface area contributed by atoms with Crippen LogP contribution in [0.25, 0.3) is 0 Å². The van der Waals surface area contributed by atoms with Crippen LogP contribution in [0.2, 0.25) is 0 Å². The molecule has 28 heavy (non-hydrogen) atoms. The lowest BCUT2D eigenvalue weighted by Crippen LogP contribution is -3.15. The van der Waals surface area contributed by atoms with Crippen molar-refractivity contribution in [3.63, 3.8) is 0 Å². The van der Waals surface area contributed by atoms with Gasteiger partial charge in [0.2, 0.25) is 0 Å². The minimum atomic E-state index is 0.306. The summed E-state index contributed by atoms with van der Waals surface area (Å²) in [6, 6.07) is 7.76. The summed E-state index contributed by atoms with van der Waals surface area (Å²) in [4.78, 5) is 18.3. The molecule has 0 aromatic heterocycles. The van der Waals surface area contributed by atoms with Crippen LogP contribution in [0.15, 0.2) is 24.3 Å². The fourth-order valence-electron chi connectivity index (χ4n) is 4.27. The lowest BCUT2D eigenvalue weighted by atomic mass is 9.92. The van der Waals surface area contributed by atoms with Crippen LogP contribution in [-0.4, -0.2) is 73.7 Å². The molecule has 6 nitrogen and oxygen atoms in total. The summed E-state index contributed by atoms with van der Waals surface area (Å²) in [6.45, 7) is 10.6. The first-order valence-corrected chi connectivity index (χ1v) is 10.7. The van der Waals surface area contributed by atoms with E-state index in [0.717, 1.165) is 55.8 Å². The summed E-state index contributed by atoms with van der Waals surface area (Å²) in [5, 5.41) is 4.04. The van der Waals surface area contributed by atoms with Crippen molar-refractivity contribution in [3.8, 4) is 5.75 Å². The molecule has 2 saturated heterocycles. The van der Waals surface area contributed by atoms with Crippen LogP contribution < -0.4 is 15.0 Å². The van der Waals surface area contributed by atoms with Gasteiger partial charge in [-0.2, -0.15) is 0 Å². The summed E-state index contributed by atoms with van der Waals surface area (Å²) in [6.07, 6.45) is 1.23. The number of nitrogens with zero attached hydrogens (tertiary/aromatic N) is 2. The van der Waals surface area contributed by atoms with Gasteiger partial charge in [-0.3, -0.25) is 4.79 Å². The van der Waals surface area contributed by atoms with Gasteiger partial charge in [0.05, 0.1) is 33.3 Å². The molecule has 0 spiro atoms. The Morgan fingerprint density at radius 3 is 2.32 bits per heavy atom. The molecule has 0 bridgehead atoms. The summed E-state index contributed by atoms with van der Waals surface area (Å²) in [5.41, 5.74) is 0.962. The van der Waals surface area contributed by atoms with Gasteiger partial charge in [-0.25, -0.2) is 0 Å². The average Bonchev–Trinajstić information content (AvgIpc) is 2.68. The molecule has 2 N–H and O–H groups in total. The van der Waals surface area contributed by atoms with E-state index in [1.54, 1.807) is 7.11 Å². The van der Waals surface area contributed by atoms with Crippen molar-refractivity contribution in [2.75, 3.05) is 58.2 Å². The minimum Gasteiger partial charge on any atom is -0.497 e. The van der Waals surface area contributed by atoms with Crippen molar-refractivity contribution < 1.29 is 14.4 Å². The van der Waals surface area contributed by atoms with Gasteiger partial charge in [0.1, 0.15) is 5.75 Å². The molecular weight excluding hydrogens is 372 g/mol. The zero-order valence-electron chi connectivity index (χ0n) is 17.2. The van der Waals surface area contributed by atoms with Crippen LogP contribution in [0.5, 0.6) is 5.75 Å². The number of piperidine rings is 1. The van der Waals surface area contributed by atoms with Gasteiger partial charge in [0.15, 0.2) is 11.7 Å². The number of benzene rings is 1. The van der Waals surface area contributed by atoms with Crippen molar-refractivity contribution in [1.29, 1.82) is 0 Å². The Morgan fingerprint density at radius 1 is 1.14 bits per heavy atom. The average molecular weight is 406 g/mol. The molecule has 0 saturated carbocycles. The molecule has 1 aromatic carbocycles. The third kappa shape index (κ3) is 5.58. The maximum absolute atomic E-state index is 12.7. The molecule has 3 rings (SSSR count). The number of ether oxygens (including phenoxy) is 1. The third-order valence-electron chi connectivity index (χ3n) is 5.72. The minimum absolute atomic E-state index is 0.306. The highest BCUT2D eigenvalue weighted by Gasteiger charge is 2.29. The summed E-state index contributed by atoms with van der Waals surface area (Å²) in [7, 11) is 1.66. The number of quaternary nitrogens is 1. The largest absolute Gasteiger partial charge is 0.497 e. The van der Waals surface area contributed by atoms with Gasteiger partial charge in [0, 0.05) is 18.8 Å². The Kier molecular flexibility index (Phi) is 7.13. The molecule has 2 aliphatic heterocycles. The maximum atomic E-state index is 12.7. The van der Waals surface area contributed by atoms with E-state index in [0.29, 0.717) is 24.3 Å². The second-order valence-electron chi connectivity index (χ2n) is 8.32. The topological polar surface area (TPSA) is 49.3 Å². The van der Waals surface area contributed by atoms with Gasteiger partial charge >= 0.3 is 0 Å². The first-order valence-electron chi connectivity index (χ1n) is 10.3. The third-order valence-corrected chi connectivity index (χ3v) is 6.08. The van der Waals surface area contributed by atoms with Gasteiger partial charge in [-0.1, -0.05) is 13.8 Å². The standard InChI is InChI=1S/C21H32N4O2S/c1-16-12-17(2)14-25(13-16)20(26)15-23-8-10-24(11-9-23)21(28)22-18-4-6-19(27-3)7-5-18/h4-7,16-17H,8-15H2,1-3H3,(H,22,28)/p+1/t16-,17-/m1/s1. The molecule has 1 aromatic rings. The number of thiocarbonyl (C=S) groups is 1. The van der Waals surface area contributed by atoms with Crippen LogP contribution in [0.4, 0.5) is 5.69 Å². The van der Waals surface area contributed by atoms with E-state index in [9.17, 15) is 4.79 Å². The van der Waals surface area contributed by atoms with Crippen LogP contribution in [0.1, 0.15) is 20.3 Å². The molecule has 2 atom stereocenters. The fraction of sp³-hybridized carbons (Fsp3) is 0.619. The number of hydrogen-bond donors (Lipinski definition) is 2. The van der Waals surface area contributed by atoms with E-state index in [1.807, 2.05) is 24.3 Å². The highest BCUT2D eigenvalue weighted by atomic mass is 32.1.